The highest BCUT2D eigenvalue weighted by atomic mass is 19.1. The Labute approximate surface area is 199 Å². The van der Waals surface area contributed by atoms with Crippen LogP contribution < -0.4 is 20.9 Å². The number of carbonyl (C=O) groups is 2. The van der Waals surface area contributed by atoms with E-state index < -0.39 is 11.8 Å². The summed E-state index contributed by atoms with van der Waals surface area (Å²) in [5, 5.41) is 8.44. The maximum atomic E-state index is 13.4. The molecule has 1 heterocycles. The van der Waals surface area contributed by atoms with E-state index in [1.807, 2.05) is 43.3 Å². The van der Waals surface area contributed by atoms with Crippen molar-refractivity contribution >= 4 is 29.0 Å². The third-order valence-electron chi connectivity index (χ3n) is 5.93. The first-order valence-electron chi connectivity index (χ1n) is 11.6. The van der Waals surface area contributed by atoms with Gasteiger partial charge < -0.3 is 20.9 Å². The summed E-state index contributed by atoms with van der Waals surface area (Å²) in [6, 6.07) is 20.1. The minimum Gasteiger partial charge on any atom is -0.371 e. The summed E-state index contributed by atoms with van der Waals surface area (Å²) in [6.07, 6.45) is 3.35. The lowest BCUT2D eigenvalue weighted by Gasteiger charge is -2.31. The molecule has 176 valence electrons. The van der Waals surface area contributed by atoms with Gasteiger partial charge in [0.05, 0.1) is 11.6 Å². The number of amides is 3. The van der Waals surface area contributed by atoms with Crippen LogP contribution in [0.25, 0.3) is 0 Å². The second-order valence-electron chi connectivity index (χ2n) is 8.47. The molecule has 3 aromatic rings. The lowest BCUT2D eigenvalue weighted by Crippen LogP contribution is -2.33. The Hall–Kier alpha value is -3.87. The second kappa shape index (κ2) is 10.8. The number of hydrogen-bond acceptors (Lipinski definition) is 3. The molecule has 6 nitrogen and oxygen atoms in total. The molecular weight excluding hydrogens is 431 g/mol. The van der Waals surface area contributed by atoms with Gasteiger partial charge >= 0.3 is 6.03 Å². The van der Waals surface area contributed by atoms with Crippen molar-refractivity contribution in [3.63, 3.8) is 0 Å². The molecular formula is C27H29FN4O2. The fourth-order valence-electron chi connectivity index (χ4n) is 4.17. The fraction of sp³-hybridized carbons (Fsp3) is 0.259. The number of nitrogens with one attached hydrogen (secondary N) is 3. The van der Waals surface area contributed by atoms with Gasteiger partial charge in [0.15, 0.2) is 0 Å². The quantitative estimate of drug-likeness (QED) is 0.426. The molecule has 1 atom stereocenters. The maximum absolute atomic E-state index is 13.4. The van der Waals surface area contributed by atoms with Crippen LogP contribution in [-0.2, 0) is 0 Å². The van der Waals surface area contributed by atoms with E-state index in [1.54, 1.807) is 18.2 Å². The summed E-state index contributed by atoms with van der Waals surface area (Å²) in [6.45, 7) is 3.73. The molecule has 1 saturated heterocycles. The van der Waals surface area contributed by atoms with Crippen molar-refractivity contribution in [2.24, 2.45) is 0 Å². The number of anilines is 3. The first kappa shape index (κ1) is 23.3. The Morgan fingerprint density at radius 3 is 2.26 bits per heavy atom. The molecule has 1 fully saturated rings. The van der Waals surface area contributed by atoms with Crippen LogP contribution in [0.1, 0.15) is 48.1 Å². The molecule has 7 heteroatoms. The summed E-state index contributed by atoms with van der Waals surface area (Å²) in [5.74, 6) is -0.638. The molecule has 3 aromatic carbocycles. The van der Waals surface area contributed by atoms with E-state index in [-0.39, 0.29) is 11.9 Å². The van der Waals surface area contributed by atoms with Gasteiger partial charge in [-0.15, -0.1) is 0 Å². The molecule has 0 aromatic heterocycles. The third kappa shape index (κ3) is 5.92. The predicted octanol–water partition coefficient (Wildman–Crippen LogP) is 5.95. The van der Waals surface area contributed by atoms with Gasteiger partial charge in [-0.2, -0.15) is 0 Å². The Bertz CT molecular complexity index is 1150. The van der Waals surface area contributed by atoms with Gasteiger partial charge in [0.2, 0.25) is 0 Å². The highest BCUT2D eigenvalue weighted by Crippen LogP contribution is 2.28. The summed E-state index contributed by atoms with van der Waals surface area (Å²) < 4.78 is 13.4. The number of piperidine rings is 1. The SMILES string of the molecule is CC(NC(=O)c1cc(NC(=O)Nc2cccc(F)c2)ccc1N1CCCCC1)c1ccccc1. The van der Waals surface area contributed by atoms with Crippen LogP contribution in [0.15, 0.2) is 72.8 Å². The van der Waals surface area contributed by atoms with Crippen LogP contribution >= 0.6 is 0 Å². The third-order valence-corrected chi connectivity index (χ3v) is 5.93. The number of rotatable bonds is 6. The largest absolute Gasteiger partial charge is 0.371 e. The number of urea groups is 1. The van der Waals surface area contributed by atoms with Crippen LogP contribution in [0.4, 0.5) is 26.2 Å². The van der Waals surface area contributed by atoms with Crippen LogP contribution in [-0.4, -0.2) is 25.0 Å². The van der Waals surface area contributed by atoms with Gasteiger partial charge in [-0.3, -0.25) is 4.79 Å². The van der Waals surface area contributed by atoms with E-state index in [4.69, 9.17) is 0 Å². The van der Waals surface area contributed by atoms with Crippen molar-refractivity contribution < 1.29 is 14.0 Å². The highest BCUT2D eigenvalue weighted by molar-refractivity contribution is 6.04. The molecule has 1 aliphatic rings. The summed E-state index contributed by atoms with van der Waals surface area (Å²) in [7, 11) is 0. The number of carbonyl (C=O) groups excluding carboxylic acids is 2. The Kier molecular flexibility index (Phi) is 7.42. The summed E-state index contributed by atoms with van der Waals surface area (Å²) in [5.41, 5.74) is 3.20. The standard InChI is InChI=1S/C27H29FN4O2/c1-19(20-9-4-2-5-10-20)29-26(33)24-18-23(13-14-25(24)32-15-6-3-7-16-32)31-27(34)30-22-12-8-11-21(28)17-22/h2,4-5,8-14,17-19H,3,6-7,15-16H2,1H3,(H,29,33)(H2,30,31,34). The van der Waals surface area contributed by atoms with Crippen molar-refractivity contribution in [3.05, 3.63) is 89.7 Å². The first-order valence-corrected chi connectivity index (χ1v) is 11.6. The monoisotopic (exact) mass is 460 g/mol. The molecule has 0 aliphatic carbocycles. The van der Waals surface area contributed by atoms with E-state index in [1.165, 1.54) is 24.6 Å². The summed E-state index contributed by atoms with van der Waals surface area (Å²) in [4.78, 5) is 28.0. The molecule has 1 aliphatic heterocycles. The molecule has 0 radical (unpaired) electrons. The zero-order valence-electron chi connectivity index (χ0n) is 19.2. The topological polar surface area (TPSA) is 73.5 Å². The van der Waals surface area contributed by atoms with E-state index in [9.17, 15) is 14.0 Å². The Balaban J connectivity index is 1.55. The van der Waals surface area contributed by atoms with Gasteiger partial charge in [0.1, 0.15) is 5.82 Å². The minimum absolute atomic E-state index is 0.171. The van der Waals surface area contributed by atoms with Crippen molar-refractivity contribution in [1.82, 2.24) is 5.32 Å². The molecule has 3 amide bonds. The highest BCUT2D eigenvalue weighted by Gasteiger charge is 2.21. The fourth-order valence-corrected chi connectivity index (χ4v) is 4.17. The van der Waals surface area contributed by atoms with Gasteiger partial charge in [-0.05, 0) is 68.1 Å². The molecule has 0 saturated carbocycles. The molecule has 0 spiro atoms. The molecule has 4 rings (SSSR count). The van der Waals surface area contributed by atoms with Crippen molar-refractivity contribution in [2.75, 3.05) is 28.6 Å². The van der Waals surface area contributed by atoms with Gasteiger partial charge in [0.25, 0.3) is 5.91 Å². The molecule has 34 heavy (non-hydrogen) atoms. The van der Waals surface area contributed by atoms with E-state index in [0.717, 1.165) is 37.2 Å². The smallest absolute Gasteiger partial charge is 0.323 e. The minimum atomic E-state index is -0.514. The van der Waals surface area contributed by atoms with E-state index in [2.05, 4.69) is 20.9 Å². The number of halogens is 1. The Morgan fingerprint density at radius 2 is 1.56 bits per heavy atom. The first-order chi connectivity index (χ1) is 16.5. The van der Waals surface area contributed by atoms with Crippen LogP contribution in [0.2, 0.25) is 0 Å². The number of benzene rings is 3. The zero-order valence-corrected chi connectivity index (χ0v) is 19.2. The maximum Gasteiger partial charge on any atom is 0.323 e. The average molecular weight is 461 g/mol. The summed E-state index contributed by atoms with van der Waals surface area (Å²) >= 11 is 0. The Morgan fingerprint density at radius 1 is 0.853 bits per heavy atom. The van der Waals surface area contributed by atoms with Gasteiger partial charge in [0, 0.05) is 30.2 Å². The van der Waals surface area contributed by atoms with Crippen LogP contribution in [0.3, 0.4) is 0 Å². The van der Waals surface area contributed by atoms with Crippen molar-refractivity contribution in [3.8, 4) is 0 Å². The van der Waals surface area contributed by atoms with Gasteiger partial charge in [-0.25, -0.2) is 9.18 Å². The number of hydrogen-bond donors (Lipinski definition) is 3. The number of nitrogens with zero attached hydrogens (tertiary/aromatic N) is 1. The lowest BCUT2D eigenvalue weighted by atomic mass is 10.0. The lowest BCUT2D eigenvalue weighted by molar-refractivity contribution is 0.0940. The zero-order chi connectivity index (χ0) is 23.9. The molecule has 1 unspecified atom stereocenters. The van der Waals surface area contributed by atoms with Crippen molar-refractivity contribution in [1.29, 1.82) is 0 Å². The molecule has 0 bridgehead atoms. The van der Waals surface area contributed by atoms with Crippen molar-refractivity contribution in [2.45, 2.75) is 32.2 Å². The second-order valence-corrected chi connectivity index (χ2v) is 8.47. The van der Waals surface area contributed by atoms with Crippen LogP contribution in [0, 0.1) is 5.82 Å². The molecule has 3 N–H and O–H groups in total. The van der Waals surface area contributed by atoms with E-state index >= 15 is 0 Å². The van der Waals surface area contributed by atoms with E-state index in [0.29, 0.717) is 16.9 Å². The average Bonchev–Trinajstić information content (AvgIpc) is 2.85. The normalized spacial score (nSPS) is 14.2. The van der Waals surface area contributed by atoms with Crippen LogP contribution in [0.5, 0.6) is 0 Å². The predicted molar refractivity (Wildman–Crippen MR) is 134 cm³/mol. The van der Waals surface area contributed by atoms with Gasteiger partial charge in [-0.1, -0.05) is 36.4 Å².